The Morgan fingerprint density at radius 1 is 1.50 bits per heavy atom. The van der Waals surface area contributed by atoms with Crippen LogP contribution in [0.15, 0.2) is 32.4 Å². The first-order valence-corrected chi connectivity index (χ1v) is 7.17. The minimum absolute atomic E-state index is 0.136. The van der Waals surface area contributed by atoms with E-state index in [4.69, 9.17) is 0 Å². The maximum atomic E-state index is 11.5. The molecule has 2 aromatic heterocycles. The van der Waals surface area contributed by atoms with Crippen LogP contribution in [0.3, 0.4) is 0 Å². The number of rotatable bonds is 5. The van der Waals surface area contributed by atoms with Gasteiger partial charge in [0.05, 0.1) is 9.09 Å². The van der Waals surface area contributed by atoms with E-state index in [0.717, 1.165) is 29.0 Å². The van der Waals surface area contributed by atoms with Crippen molar-refractivity contribution in [2.24, 2.45) is 0 Å². The summed E-state index contributed by atoms with van der Waals surface area (Å²) >= 11 is 2.76. The number of nitrogens with one attached hydrogen (secondary N) is 1. The number of carbonyl (C=O) groups is 1. The predicted octanol–water partition coefficient (Wildman–Crippen LogP) is 2.75. The number of aldehydes is 1. The molecule has 0 fully saturated rings. The zero-order valence-electron chi connectivity index (χ0n) is 9.80. The molecule has 0 saturated carbocycles. The first-order valence-electron chi connectivity index (χ1n) is 5.54. The number of aromatic amines is 1. The van der Waals surface area contributed by atoms with Crippen LogP contribution in [0, 0.1) is 0 Å². The van der Waals surface area contributed by atoms with Gasteiger partial charge in [0.15, 0.2) is 11.4 Å². The zero-order chi connectivity index (χ0) is 13.0. The van der Waals surface area contributed by atoms with E-state index < -0.39 is 0 Å². The van der Waals surface area contributed by atoms with Crippen molar-refractivity contribution in [2.45, 2.75) is 29.1 Å². The summed E-state index contributed by atoms with van der Waals surface area (Å²) in [5.41, 5.74) is 0.666. The lowest BCUT2D eigenvalue weighted by atomic mass is 10.2. The molecule has 18 heavy (non-hydrogen) atoms. The molecule has 2 heterocycles. The Balaban J connectivity index is 2.22. The molecule has 6 heteroatoms. The molecule has 0 radical (unpaired) electrons. The fourth-order valence-electron chi connectivity index (χ4n) is 1.46. The quantitative estimate of drug-likeness (QED) is 0.675. The van der Waals surface area contributed by atoms with Crippen molar-refractivity contribution in [3.05, 3.63) is 39.1 Å². The summed E-state index contributed by atoms with van der Waals surface area (Å²) < 4.78 is 0.939. The molecule has 1 N–H and O–H groups in total. The summed E-state index contributed by atoms with van der Waals surface area (Å²) in [7, 11) is 0. The molecule has 0 aliphatic carbocycles. The van der Waals surface area contributed by atoms with E-state index in [9.17, 15) is 9.59 Å². The first-order chi connectivity index (χ1) is 8.71. The van der Waals surface area contributed by atoms with Crippen molar-refractivity contribution in [3.63, 3.8) is 0 Å². The van der Waals surface area contributed by atoms with Gasteiger partial charge in [-0.15, -0.1) is 11.3 Å². The molecule has 2 rings (SSSR count). The molecule has 0 unspecified atom stereocenters. The number of H-pyrrole nitrogens is 1. The highest BCUT2D eigenvalue weighted by Gasteiger charge is 2.05. The van der Waals surface area contributed by atoms with Crippen LogP contribution in [0.4, 0.5) is 0 Å². The summed E-state index contributed by atoms with van der Waals surface area (Å²) in [6, 6.07) is 5.14. The number of hydrogen-bond donors (Lipinski definition) is 1. The van der Waals surface area contributed by atoms with Crippen molar-refractivity contribution >= 4 is 29.4 Å². The highest BCUT2D eigenvalue weighted by molar-refractivity contribution is 8.01. The third kappa shape index (κ3) is 3.30. The molecule has 0 amide bonds. The van der Waals surface area contributed by atoms with Gasteiger partial charge in [0.2, 0.25) is 0 Å². The van der Waals surface area contributed by atoms with Gasteiger partial charge in [-0.2, -0.15) is 0 Å². The Bertz CT molecular complexity index is 604. The Hall–Kier alpha value is -1.40. The third-order valence-electron chi connectivity index (χ3n) is 2.19. The second-order valence-corrected chi connectivity index (χ2v) is 6.07. The largest absolute Gasteiger partial charge is 0.301 e. The van der Waals surface area contributed by atoms with Crippen molar-refractivity contribution in [1.82, 2.24) is 9.97 Å². The SMILES string of the molecule is CCCc1cc(=O)[nH]c(Sc2ccc(C=O)s2)n1. The van der Waals surface area contributed by atoms with Crippen LogP contribution in [-0.2, 0) is 6.42 Å². The van der Waals surface area contributed by atoms with Crippen LogP contribution >= 0.6 is 23.1 Å². The van der Waals surface area contributed by atoms with E-state index in [-0.39, 0.29) is 5.56 Å². The topological polar surface area (TPSA) is 62.8 Å². The average Bonchev–Trinajstić information content (AvgIpc) is 2.76. The minimum atomic E-state index is -0.136. The monoisotopic (exact) mass is 280 g/mol. The van der Waals surface area contributed by atoms with Gasteiger partial charge in [0.25, 0.3) is 5.56 Å². The minimum Gasteiger partial charge on any atom is -0.301 e. The van der Waals surface area contributed by atoms with Crippen molar-refractivity contribution in [1.29, 1.82) is 0 Å². The van der Waals surface area contributed by atoms with Crippen LogP contribution < -0.4 is 5.56 Å². The molecule has 0 bridgehead atoms. The van der Waals surface area contributed by atoms with Crippen LogP contribution in [-0.4, -0.2) is 16.3 Å². The molecule has 0 aliphatic heterocycles. The summed E-state index contributed by atoms with van der Waals surface area (Å²) in [6.45, 7) is 2.05. The number of thiophene rings is 1. The van der Waals surface area contributed by atoms with Crippen LogP contribution in [0.25, 0.3) is 0 Å². The lowest BCUT2D eigenvalue weighted by Gasteiger charge is -2.01. The Morgan fingerprint density at radius 2 is 2.33 bits per heavy atom. The number of nitrogens with zero attached hydrogens (tertiary/aromatic N) is 1. The fraction of sp³-hybridized carbons (Fsp3) is 0.250. The fourth-order valence-corrected chi connectivity index (χ4v) is 3.35. The van der Waals surface area contributed by atoms with Crippen LogP contribution in [0.5, 0.6) is 0 Å². The lowest BCUT2D eigenvalue weighted by molar-refractivity contribution is 0.112. The molecule has 0 aliphatic rings. The molecule has 4 nitrogen and oxygen atoms in total. The summed E-state index contributed by atoms with van der Waals surface area (Å²) in [5.74, 6) is 0. The molecular weight excluding hydrogens is 268 g/mol. The molecule has 0 spiro atoms. The van der Waals surface area contributed by atoms with Crippen molar-refractivity contribution < 1.29 is 4.79 Å². The Kier molecular flexibility index (Phi) is 4.33. The van der Waals surface area contributed by atoms with Crippen LogP contribution in [0.1, 0.15) is 28.7 Å². The molecule has 0 atom stereocenters. The zero-order valence-corrected chi connectivity index (χ0v) is 11.4. The normalized spacial score (nSPS) is 10.5. The first kappa shape index (κ1) is 13.0. The van der Waals surface area contributed by atoms with E-state index >= 15 is 0 Å². The second kappa shape index (κ2) is 5.97. The predicted molar refractivity (Wildman–Crippen MR) is 72.7 cm³/mol. The van der Waals surface area contributed by atoms with E-state index in [1.54, 1.807) is 6.07 Å². The van der Waals surface area contributed by atoms with E-state index in [1.165, 1.54) is 29.2 Å². The van der Waals surface area contributed by atoms with Gasteiger partial charge >= 0.3 is 0 Å². The number of aromatic nitrogens is 2. The molecule has 94 valence electrons. The van der Waals surface area contributed by atoms with Gasteiger partial charge in [-0.1, -0.05) is 13.3 Å². The van der Waals surface area contributed by atoms with Crippen molar-refractivity contribution in [2.75, 3.05) is 0 Å². The molecule has 2 aromatic rings. The smallest absolute Gasteiger partial charge is 0.251 e. The van der Waals surface area contributed by atoms with Gasteiger partial charge in [0.1, 0.15) is 0 Å². The van der Waals surface area contributed by atoms with Crippen LogP contribution in [0.2, 0.25) is 0 Å². The number of aryl methyl sites for hydroxylation is 1. The highest BCUT2D eigenvalue weighted by Crippen LogP contribution is 2.30. The van der Waals surface area contributed by atoms with Crippen molar-refractivity contribution in [3.8, 4) is 0 Å². The number of carbonyl (C=O) groups excluding carboxylic acids is 1. The van der Waals surface area contributed by atoms with Gasteiger partial charge in [-0.05, 0) is 30.3 Å². The van der Waals surface area contributed by atoms with E-state index in [1.807, 2.05) is 13.0 Å². The highest BCUT2D eigenvalue weighted by atomic mass is 32.2. The molecule has 0 saturated heterocycles. The number of hydrogen-bond acceptors (Lipinski definition) is 5. The Morgan fingerprint density at radius 3 is 3.00 bits per heavy atom. The summed E-state index contributed by atoms with van der Waals surface area (Å²) in [6.07, 6.45) is 2.56. The van der Waals surface area contributed by atoms with Gasteiger partial charge in [-0.3, -0.25) is 9.59 Å². The standard InChI is InChI=1S/C12H12N2O2S2/c1-2-3-8-6-10(16)14-12(13-8)18-11-5-4-9(7-15)17-11/h4-7H,2-3H2,1H3,(H,13,14,16). The lowest BCUT2D eigenvalue weighted by Crippen LogP contribution is -2.09. The maximum absolute atomic E-state index is 11.5. The summed E-state index contributed by atoms with van der Waals surface area (Å²) in [4.78, 5) is 29.8. The summed E-state index contributed by atoms with van der Waals surface area (Å²) in [5, 5.41) is 0.574. The molecule has 0 aromatic carbocycles. The molecular formula is C12H12N2O2S2. The van der Waals surface area contributed by atoms with Gasteiger partial charge in [0, 0.05) is 11.8 Å². The van der Waals surface area contributed by atoms with Gasteiger partial charge < -0.3 is 4.98 Å². The second-order valence-electron chi connectivity index (χ2n) is 3.67. The van der Waals surface area contributed by atoms with E-state index in [0.29, 0.717) is 10.0 Å². The maximum Gasteiger partial charge on any atom is 0.251 e. The van der Waals surface area contributed by atoms with Gasteiger partial charge in [-0.25, -0.2) is 4.98 Å². The van der Waals surface area contributed by atoms with E-state index in [2.05, 4.69) is 9.97 Å². The average molecular weight is 280 g/mol. The Labute approximate surface area is 112 Å². The third-order valence-corrected chi connectivity index (χ3v) is 4.22.